The van der Waals surface area contributed by atoms with Crippen molar-refractivity contribution in [2.45, 2.75) is 32.4 Å². The highest BCUT2D eigenvalue weighted by atomic mass is 79.9. The van der Waals surface area contributed by atoms with Gasteiger partial charge in [0, 0.05) is 12.6 Å². The second-order valence-electron chi connectivity index (χ2n) is 4.66. The summed E-state index contributed by atoms with van der Waals surface area (Å²) in [6.07, 6.45) is 2.50. The molecule has 1 aromatic rings. The smallest absolute Gasteiger partial charge is 0.169 e. The van der Waals surface area contributed by atoms with Crippen LogP contribution in [0.1, 0.15) is 25.5 Å². The molecule has 2 rings (SSSR count). The molecule has 1 aromatic heterocycles. The van der Waals surface area contributed by atoms with E-state index < -0.39 is 0 Å². The first-order valence-corrected chi connectivity index (χ1v) is 6.66. The van der Waals surface area contributed by atoms with E-state index in [9.17, 15) is 0 Å². The standard InChI is InChI=1S/C12H19BrN2O/c1-9-2-3-10(6-14)7-15(9)8-11-4-5-12(13)16-11/h4-5,9-10H,2-3,6-8,14H2,1H3. The summed E-state index contributed by atoms with van der Waals surface area (Å²) in [6, 6.07) is 4.61. The zero-order valence-electron chi connectivity index (χ0n) is 9.66. The lowest BCUT2D eigenvalue weighted by atomic mass is 9.93. The van der Waals surface area contributed by atoms with E-state index in [4.69, 9.17) is 10.2 Å². The highest BCUT2D eigenvalue weighted by Gasteiger charge is 2.25. The van der Waals surface area contributed by atoms with Gasteiger partial charge in [-0.2, -0.15) is 0 Å². The third-order valence-electron chi connectivity index (χ3n) is 3.43. The van der Waals surface area contributed by atoms with Crippen LogP contribution in [-0.4, -0.2) is 24.0 Å². The number of likely N-dealkylation sites (tertiary alicyclic amines) is 1. The van der Waals surface area contributed by atoms with Gasteiger partial charge in [0.05, 0.1) is 6.54 Å². The first kappa shape index (κ1) is 12.1. The van der Waals surface area contributed by atoms with Crippen molar-refractivity contribution in [2.75, 3.05) is 13.1 Å². The second-order valence-corrected chi connectivity index (χ2v) is 5.44. The van der Waals surface area contributed by atoms with Gasteiger partial charge in [-0.3, -0.25) is 4.90 Å². The van der Waals surface area contributed by atoms with Crippen molar-refractivity contribution < 1.29 is 4.42 Å². The fourth-order valence-electron chi connectivity index (χ4n) is 2.31. The molecule has 0 saturated carbocycles. The van der Waals surface area contributed by atoms with Crippen LogP contribution in [0.2, 0.25) is 0 Å². The lowest BCUT2D eigenvalue weighted by Crippen LogP contribution is -2.43. The van der Waals surface area contributed by atoms with E-state index in [2.05, 4.69) is 27.8 Å². The molecular formula is C12H19BrN2O. The number of hydrogen-bond acceptors (Lipinski definition) is 3. The largest absolute Gasteiger partial charge is 0.453 e. The number of nitrogens with two attached hydrogens (primary N) is 1. The third kappa shape index (κ3) is 2.87. The van der Waals surface area contributed by atoms with Gasteiger partial charge in [0.2, 0.25) is 0 Å². The van der Waals surface area contributed by atoms with E-state index in [1.807, 2.05) is 12.1 Å². The minimum Gasteiger partial charge on any atom is -0.453 e. The average Bonchev–Trinajstić information content (AvgIpc) is 2.67. The first-order chi connectivity index (χ1) is 7.69. The van der Waals surface area contributed by atoms with Gasteiger partial charge in [0.15, 0.2) is 4.67 Å². The van der Waals surface area contributed by atoms with Gasteiger partial charge >= 0.3 is 0 Å². The SMILES string of the molecule is CC1CCC(CN)CN1Cc1ccc(Br)o1. The molecule has 90 valence electrons. The van der Waals surface area contributed by atoms with Gasteiger partial charge in [-0.15, -0.1) is 0 Å². The van der Waals surface area contributed by atoms with Crippen LogP contribution >= 0.6 is 15.9 Å². The minimum absolute atomic E-state index is 0.631. The lowest BCUT2D eigenvalue weighted by molar-refractivity contribution is 0.105. The maximum Gasteiger partial charge on any atom is 0.169 e. The van der Waals surface area contributed by atoms with Crippen molar-refractivity contribution in [1.29, 1.82) is 0 Å². The van der Waals surface area contributed by atoms with Crippen molar-refractivity contribution in [1.82, 2.24) is 4.90 Å². The molecule has 2 heterocycles. The molecule has 2 N–H and O–H groups in total. The number of piperidine rings is 1. The minimum atomic E-state index is 0.631. The molecule has 16 heavy (non-hydrogen) atoms. The summed E-state index contributed by atoms with van der Waals surface area (Å²) in [5, 5.41) is 0. The van der Waals surface area contributed by atoms with Crippen molar-refractivity contribution in [3.05, 3.63) is 22.6 Å². The summed E-state index contributed by atoms with van der Waals surface area (Å²) in [7, 11) is 0. The van der Waals surface area contributed by atoms with Gasteiger partial charge in [0.1, 0.15) is 5.76 Å². The van der Waals surface area contributed by atoms with Crippen LogP contribution < -0.4 is 5.73 Å². The van der Waals surface area contributed by atoms with Crippen molar-refractivity contribution in [3.8, 4) is 0 Å². The van der Waals surface area contributed by atoms with Gasteiger partial charge < -0.3 is 10.2 Å². The van der Waals surface area contributed by atoms with Gasteiger partial charge in [-0.05, 0) is 60.3 Å². The zero-order valence-corrected chi connectivity index (χ0v) is 11.2. The number of halogens is 1. The Morgan fingerprint density at radius 1 is 1.50 bits per heavy atom. The topological polar surface area (TPSA) is 42.4 Å². The van der Waals surface area contributed by atoms with E-state index in [0.717, 1.165) is 30.1 Å². The van der Waals surface area contributed by atoms with E-state index in [1.165, 1.54) is 12.8 Å². The molecule has 0 aliphatic carbocycles. The van der Waals surface area contributed by atoms with Crippen LogP contribution in [0, 0.1) is 5.92 Å². The number of rotatable bonds is 3. The summed E-state index contributed by atoms with van der Waals surface area (Å²) in [6.45, 7) is 5.06. The quantitative estimate of drug-likeness (QED) is 0.929. The monoisotopic (exact) mass is 286 g/mol. The second kappa shape index (κ2) is 5.34. The Kier molecular flexibility index (Phi) is 4.05. The van der Waals surface area contributed by atoms with Gasteiger partial charge in [0.25, 0.3) is 0 Å². The molecule has 0 amide bonds. The number of nitrogens with zero attached hydrogens (tertiary/aromatic N) is 1. The molecule has 2 atom stereocenters. The van der Waals surface area contributed by atoms with Crippen LogP contribution in [-0.2, 0) is 6.54 Å². The Labute approximate surface area is 105 Å². The fraction of sp³-hybridized carbons (Fsp3) is 0.667. The Bertz CT molecular complexity index is 340. The molecule has 0 aromatic carbocycles. The molecule has 1 aliphatic rings. The molecule has 0 bridgehead atoms. The Balaban J connectivity index is 1.96. The molecule has 1 saturated heterocycles. The number of furan rings is 1. The third-order valence-corrected chi connectivity index (χ3v) is 3.86. The predicted octanol–water partition coefficient (Wildman–Crippen LogP) is 2.60. The van der Waals surface area contributed by atoms with Crippen molar-refractivity contribution >= 4 is 15.9 Å². The predicted molar refractivity (Wildman–Crippen MR) is 68.1 cm³/mol. The summed E-state index contributed by atoms with van der Waals surface area (Å²) in [4.78, 5) is 2.46. The zero-order chi connectivity index (χ0) is 11.5. The van der Waals surface area contributed by atoms with Crippen LogP contribution in [0.5, 0.6) is 0 Å². The highest BCUT2D eigenvalue weighted by molar-refractivity contribution is 9.10. The van der Waals surface area contributed by atoms with Gasteiger partial charge in [-0.1, -0.05) is 0 Å². The molecule has 2 unspecified atom stereocenters. The molecule has 0 spiro atoms. The lowest BCUT2D eigenvalue weighted by Gasteiger charge is -2.37. The maximum absolute atomic E-state index is 5.75. The molecule has 1 fully saturated rings. The molecule has 0 radical (unpaired) electrons. The van der Waals surface area contributed by atoms with Gasteiger partial charge in [-0.25, -0.2) is 0 Å². The fourth-order valence-corrected chi connectivity index (χ4v) is 2.65. The van der Waals surface area contributed by atoms with Crippen LogP contribution in [0.15, 0.2) is 21.2 Å². The Hall–Kier alpha value is -0.320. The van der Waals surface area contributed by atoms with Crippen molar-refractivity contribution in [2.24, 2.45) is 11.7 Å². The maximum atomic E-state index is 5.75. The highest BCUT2D eigenvalue weighted by Crippen LogP contribution is 2.24. The Morgan fingerprint density at radius 3 is 2.94 bits per heavy atom. The van der Waals surface area contributed by atoms with E-state index >= 15 is 0 Å². The molecule has 3 nitrogen and oxygen atoms in total. The summed E-state index contributed by atoms with van der Waals surface area (Å²) < 4.78 is 6.36. The van der Waals surface area contributed by atoms with E-state index in [-0.39, 0.29) is 0 Å². The van der Waals surface area contributed by atoms with E-state index in [1.54, 1.807) is 0 Å². The summed E-state index contributed by atoms with van der Waals surface area (Å²) in [5.74, 6) is 1.67. The number of hydrogen-bond donors (Lipinski definition) is 1. The first-order valence-electron chi connectivity index (χ1n) is 5.87. The molecule has 1 aliphatic heterocycles. The average molecular weight is 287 g/mol. The Morgan fingerprint density at radius 2 is 2.31 bits per heavy atom. The van der Waals surface area contributed by atoms with Crippen molar-refractivity contribution in [3.63, 3.8) is 0 Å². The van der Waals surface area contributed by atoms with Crippen LogP contribution in [0.3, 0.4) is 0 Å². The molecular weight excluding hydrogens is 268 g/mol. The van der Waals surface area contributed by atoms with Crippen LogP contribution in [0.4, 0.5) is 0 Å². The normalized spacial score (nSPS) is 27.2. The summed E-state index contributed by atoms with van der Waals surface area (Å²) in [5.41, 5.74) is 5.75. The summed E-state index contributed by atoms with van der Waals surface area (Å²) >= 11 is 3.33. The van der Waals surface area contributed by atoms with E-state index in [0.29, 0.717) is 12.0 Å². The van der Waals surface area contributed by atoms with Crippen LogP contribution in [0.25, 0.3) is 0 Å². The molecule has 4 heteroatoms.